The van der Waals surface area contributed by atoms with Gasteiger partial charge in [0.25, 0.3) is 0 Å². The van der Waals surface area contributed by atoms with Gasteiger partial charge in [-0.25, -0.2) is 0 Å². The summed E-state index contributed by atoms with van der Waals surface area (Å²) in [5.74, 6) is 0. The first kappa shape index (κ1) is 41.1. The normalized spacial score (nSPS) is 14.5. The molecule has 314 valence electrons. The summed E-state index contributed by atoms with van der Waals surface area (Å²) >= 11 is 0. The SMILES string of the molecule is Cc1ccccc1N(c1ccc(C(F)(F)F)cc1)c1ccc2c(c1)C(C)(C)c1c-2c(C)c(C)c2c1C(C)(C)c1cc(N(c3ccc(C(F)(F)F)cc3)c3ccccc3C)ccc1-2. The zero-order chi connectivity index (χ0) is 44.3. The number of benzene rings is 7. The summed E-state index contributed by atoms with van der Waals surface area (Å²) in [6, 6.07) is 39.4. The fourth-order valence-electron chi connectivity index (χ4n) is 10.1. The summed E-state index contributed by atoms with van der Waals surface area (Å²) in [6.45, 7) is 17.5. The number of alkyl halides is 6. The van der Waals surface area contributed by atoms with Crippen LogP contribution in [0, 0.1) is 27.7 Å². The van der Waals surface area contributed by atoms with Gasteiger partial charge in [-0.3, -0.25) is 0 Å². The zero-order valence-corrected chi connectivity index (χ0v) is 35.9. The van der Waals surface area contributed by atoms with Gasteiger partial charge in [-0.05, 0) is 179 Å². The lowest BCUT2D eigenvalue weighted by Gasteiger charge is -2.33. The first-order valence-corrected chi connectivity index (χ1v) is 20.7. The van der Waals surface area contributed by atoms with Gasteiger partial charge in [0.1, 0.15) is 0 Å². The van der Waals surface area contributed by atoms with Crippen molar-refractivity contribution in [3.8, 4) is 22.3 Å². The van der Waals surface area contributed by atoms with Crippen molar-refractivity contribution in [1.82, 2.24) is 0 Å². The molecule has 2 aliphatic rings. The number of hydrogen-bond donors (Lipinski definition) is 0. The first-order valence-electron chi connectivity index (χ1n) is 20.7. The minimum Gasteiger partial charge on any atom is -0.310 e. The van der Waals surface area contributed by atoms with E-state index in [0.717, 1.165) is 80.4 Å². The van der Waals surface area contributed by atoms with Gasteiger partial charge < -0.3 is 9.80 Å². The molecular weight excluding hydrogens is 791 g/mol. The summed E-state index contributed by atoms with van der Waals surface area (Å²) < 4.78 is 82.2. The minimum absolute atomic E-state index is 0.476. The first-order chi connectivity index (χ1) is 29.2. The van der Waals surface area contributed by atoms with Crippen molar-refractivity contribution >= 4 is 34.1 Å². The molecule has 0 saturated carbocycles. The Balaban J connectivity index is 1.19. The second-order valence-electron chi connectivity index (χ2n) is 17.8. The maximum Gasteiger partial charge on any atom is 0.416 e. The van der Waals surface area contributed by atoms with Crippen LogP contribution >= 0.6 is 0 Å². The van der Waals surface area contributed by atoms with Crippen LogP contribution in [0.2, 0.25) is 0 Å². The fourth-order valence-corrected chi connectivity index (χ4v) is 10.1. The van der Waals surface area contributed by atoms with Gasteiger partial charge in [0, 0.05) is 45.0 Å². The monoisotopic (exact) mass is 836 g/mol. The number of anilines is 6. The number of rotatable bonds is 6. The molecular formula is C54H46F6N2. The summed E-state index contributed by atoms with van der Waals surface area (Å²) in [5, 5.41) is 0. The minimum atomic E-state index is -4.45. The maximum atomic E-state index is 13.7. The smallest absolute Gasteiger partial charge is 0.310 e. The highest BCUT2D eigenvalue weighted by molar-refractivity contribution is 5.97. The molecule has 0 N–H and O–H groups in total. The van der Waals surface area contributed by atoms with E-state index in [9.17, 15) is 26.3 Å². The predicted octanol–water partition coefficient (Wildman–Crippen LogP) is 16.5. The Morgan fingerprint density at radius 1 is 0.403 bits per heavy atom. The predicted molar refractivity (Wildman–Crippen MR) is 240 cm³/mol. The van der Waals surface area contributed by atoms with Gasteiger partial charge in [-0.2, -0.15) is 26.3 Å². The van der Waals surface area contributed by atoms with Crippen molar-refractivity contribution in [1.29, 1.82) is 0 Å². The average Bonchev–Trinajstić information content (AvgIpc) is 3.60. The number of aryl methyl sites for hydroxylation is 2. The molecule has 0 aromatic heterocycles. The number of hydrogen-bond acceptors (Lipinski definition) is 2. The largest absolute Gasteiger partial charge is 0.416 e. The number of fused-ring (bicyclic) bond motifs is 7. The molecule has 0 aliphatic heterocycles. The number of halogens is 6. The van der Waals surface area contributed by atoms with Crippen LogP contribution in [0.4, 0.5) is 60.5 Å². The van der Waals surface area contributed by atoms with E-state index >= 15 is 0 Å². The van der Waals surface area contributed by atoms with Crippen LogP contribution in [-0.4, -0.2) is 0 Å². The molecule has 9 rings (SSSR count). The van der Waals surface area contributed by atoms with E-state index in [-0.39, 0.29) is 0 Å². The van der Waals surface area contributed by atoms with Crippen molar-refractivity contribution in [2.75, 3.05) is 9.80 Å². The average molecular weight is 837 g/mol. The summed E-state index contributed by atoms with van der Waals surface area (Å²) in [5.41, 5.74) is 16.1. The topological polar surface area (TPSA) is 6.48 Å². The molecule has 2 nitrogen and oxygen atoms in total. The highest BCUT2D eigenvalue weighted by Crippen LogP contribution is 2.62. The molecule has 8 heteroatoms. The molecule has 7 aromatic carbocycles. The van der Waals surface area contributed by atoms with Gasteiger partial charge in [0.2, 0.25) is 0 Å². The molecule has 0 fully saturated rings. The standard InChI is InChI=1S/C54H46F6N2/c1-31-13-9-11-15-45(31)61(37-21-17-35(18-22-37)53(55,56)57)39-25-27-41-43(29-39)51(5,6)49-47(41)33(3)34(4)48-42-28-26-40(30-44(42)52(7,8)50(48)49)62(46-16-12-10-14-32(46)2)38-23-19-36(20-24-38)54(58,59)60/h9-30H,1-8H3. The van der Waals surface area contributed by atoms with Crippen molar-refractivity contribution in [2.45, 2.75) is 78.6 Å². The van der Waals surface area contributed by atoms with Crippen molar-refractivity contribution in [3.05, 3.63) is 189 Å². The van der Waals surface area contributed by atoms with Gasteiger partial charge in [-0.15, -0.1) is 0 Å². The fraction of sp³-hybridized carbons (Fsp3) is 0.222. The molecule has 0 atom stereocenters. The Morgan fingerprint density at radius 2 is 0.726 bits per heavy atom. The van der Waals surface area contributed by atoms with Gasteiger partial charge in [0.15, 0.2) is 0 Å². The highest BCUT2D eigenvalue weighted by atomic mass is 19.4. The molecule has 62 heavy (non-hydrogen) atoms. The Morgan fingerprint density at radius 3 is 1.05 bits per heavy atom. The molecule has 0 unspecified atom stereocenters. The second kappa shape index (κ2) is 14.1. The molecule has 0 bridgehead atoms. The quantitative estimate of drug-likeness (QED) is 0.154. The summed E-state index contributed by atoms with van der Waals surface area (Å²) in [6.07, 6.45) is -8.90. The molecule has 0 spiro atoms. The molecule has 0 radical (unpaired) electrons. The van der Waals surface area contributed by atoms with E-state index in [2.05, 4.69) is 77.9 Å². The van der Waals surface area contributed by atoms with E-state index in [0.29, 0.717) is 11.4 Å². The van der Waals surface area contributed by atoms with Crippen LogP contribution < -0.4 is 9.80 Å². The third-order valence-electron chi connectivity index (χ3n) is 13.3. The van der Waals surface area contributed by atoms with Gasteiger partial charge in [0.05, 0.1) is 11.1 Å². The third-order valence-corrected chi connectivity index (χ3v) is 13.3. The van der Waals surface area contributed by atoms with Crippen molar-refractivity contribution in [3.63, 3.8) is 0 Å². The van der Waals surface area contributed by atoms with E-state index in [1.54, 1.807) is 0 Å². The zero-order valence-electron chi connectivity index (χ0n) is 35.9. The van der Waals surface area contributed by atoms with Crippen LogP contribution in [0.5, 0.6) is 0 Å². The number of para-hydroxylation sites is 2. The van der Waals surface area contributed by atoms with Crippen LogP contribution in [0.15, 0.2) is 133 Å². The second-order valence-corrected chi connectivity index (χ2v) is 17.8. The maximum absolute atomic E-state index is 13.7. The third kappa shape index (κ3) is 6.32. The van der Waals surface area contributed by atoms with Crippen LogP contribution in [0.25, 0.3) is 22.3 Å². The highest BCUT2D eigenvalue weighted by Gasteiger charge is 2.48. The summed E-state index contributed by atoms with van der Waals surface area (Å²) in [7, 11) is 0. The lowest BCUT2D eigenvalue weighted by Crippen LogP contribution is -2.25. The number of nitrogens with zero attached hydrogens (tertiary/aromatic N) is 2. The Hall–Kier alpha value is -6.28. The molecule has 7 aromatic rings. The van der Waals surface area contributed by atoms with E-state index in [1.165, 1.54) is 57.6 Å². The van der Waals surface area contributed by atoms with Crippen molar-refractivity contribution in [2.24, 2.45) is 0 Å². The van der Waals surface area contributed by atoms with E-state index in [1.807, 2.05) is 72.2 Å². The molecule has 0 heterocycles. The van der Waals surface area contributed by atoms with Crippen molar-refractivity contribution < 1.29 is 26.3 Å². The lowest BCUT2D eigenvalue weighted by atomic mass is 9.71. The van der Waals surface area contributed by atoms with Gasteiger partial charge >= 0.3 is 12.4 Å². The molecule has 0 saturated heterocycles. The summed E-state index contributed by atoms with van der Waals surface area (Å²) in [4.78, 5) is 4.07. The van der Waals surface area contributed by atoms with Gasteiger partial charge in [-0.1, -0.05) is 76.2 Å². The van der Waals surface area contributed by atoms with Crippen LogP contribution in [0.3, 0.4) is 0 Å². The molecule has 2 aliphatic carbocycles. The Bertz CT molecular complexity index is 2720. The molecule has 0 amide bonds. The van der Waals surface area contributed by atoms with E-state index < -0.39 is 34.3 Å². The van der Waals surface area contributed by atoms with Crippen LogP contribution in [0.1, 0.15) is 83.3 Å². The van der Waals surface area contributed by atoms with Crippen LogP contribution in [-0.2, 0) is 23.2 Å². The Kier molecular flexibility index (Phi) is 9.36. The van der Waals surface area contributed by atoms with E-state index in [4.69, 9.17) is 0 Å². The lowest BCUT2D eigenvalue weighted by molar-refractivity contribution is -0.138. The Labute approximate surface area is 359 Å².